The van der Waals surface area contributed by atoms with Crippen LogP contribution in [0.3, 0.4) is 0 Å². The quantitative estimate of drug-likeness (QED) is 0.882. The Morgan fingerprint density at radius 2 is 1.90 bits per heavy atom. The van der Waals surface area contributed by atoms with Crippen molar-refractivity contribution in [2.75, 3.05) is 11.9 Å². The summed E-state index contributed by atoms with van der Waals surface area (Å²) in [5.74, 6) is -0.941. The van der Waals surface area contributed by atoms with Crippen molar-refractivity contribution in [1.29, 1.82) is 0 Å². The molecule has 2 aromatic rings. The number of carboxylic acid groups (broad SMARTS) is 1. The molecule has 0 spiro atoms. The van der Waals surface area contributed by atoms with Crippen LogP contribution in [0, 0.1) is 0 Å². The van der Waals surface area contributed by atoms with Crippen molar-refractivity contribution in [1.82, 2.24) is 0 Å². The number of benzene rings is 2. The monoisotopic (exact) mass is 353 g/mol. The number of hydrogen-bond donors (Lipinski definition) is 1. The van der Waals surface area contributed by atoms with Gasteiger partial charge in [-0.3, -0.25) is 0 Å². The SMILES string of the molecule is CN(Cc1ccc(Cl)cc1)c1ccc(C(=O)O)c(Br)c1. The molecule has 0 unspecified atom stereocenters. The molecule has 0 fully saturated rings. The van der Waals surface area contributed by atoms with Crippen LogP contribution in [0.2, 0.25) is 5.02 Å². The molecule has 5 heteroatoms. The van der Waals surface area contributed by atoms with E-state index in [2.05, 4.69) is 15.9 Å². The Labute approximate surface area is 130 Å². The predicted molar refractivity (Wildman–Crippen MR) is 84.7 cm³/mol. The molecule has 3 nitrogen and oxygen atoms in total. The van der Waals surface area contributed by atoms with Gasteiger partial charge in [0, 0.05) is 28.8 Å². The van der Waals surface area contributed by atoms with E-state index in [0.29, 0.717) is 9.50 Å². The summed E-state index contributed by atoms with van der Waals surface area (Å²) >= 11 is 9.14. The third-order valence-electron chi connectivity index (χ3n) is 2.96. The molecule has 0 saturated carbocycles. The molecule has 0 bridgehead atoms. The minimum absolute atomic E-state index is 0.258. The van der Waals surface area contributed by atoms with Crippen LogP contribution in [0.5, 0.6) is 0 Å². The highest BCUT2D eigenvalue weighted by Crippen LogP contribution is 2.24. The van der Waals surface area contributed by atoms with Crippen molar-refractivity contribution in [3.8, 4) is 0 Å². The molecule has 0 radical (unpaired) electrons. The van der Waals surface area contributed by atoms with Gasteiger partial charge in [0.15, 0.2) is 0 Å². The lowest BCUT2D eigenvalue weighted by molar-refractivity contribution is 0.0696. The second kappa shape index (κ2) is 6.29. The average Bonchev–Trinajstić information content (AvgIpc) is 2.40. The Bertz CT molecular complexity index is 628. The van der Waals surface area contributed by atoms with E-state index in [-0.39, 0.29) is 5.56 Å². The van der Waals surface area contributed by atoms with E-state index < -0.39 is 5.97 Å². The maximum atomic E-state index is 11.0. The van der Waals surface area contributed by atoms with Gasteiger partial charge in [-0.2, -0.15) is 0 Å². The summed E-state index contributed by atoms with van der Waals surface area (Å²) in [6.45, 7) is 0.718. The minimum atomic E-state index is -0.941. The van der Waals surface area contributed by atoms with Gasteiger partial charge in [-0.1, -0.05) is 23.7 Å². The Morgan fingerprint density at radius 3 is 2.45 bits per heavy atom. The molecule has 0 amide bonds. The lowest BCUT2D eigenvalue weighted by Crippen LogP contribution is -2.16. The third kappa shape index (κ3) is 3.52. The van der Waals surface area contributed by atoms with Crippen LogP contribution >= 0.6 is 27.5 Å². The second-order valence-corrected chi connectivity index (χ2v) is 5.74. The van der Waals surface area contributed by atoms with Crippen molar-refractivity contribution in [2.24, 2.45) is 0 Å². The Kier molecular flexibility index (Phi) is 4.68. The van der Waals surface area contributed by atoms with E-state index in [1.54, 1.807) is 18.2 Å². The van der Waals surface area contributed by atoms with Crippen LogP contribution in [0.4, 0.5) is 5.69 Å². The summed E-state index contributed by atoms with van der Waals surface area (Å²) < 4.78 is 0.574. The number of rotatable bonds is 4. The molecule has 0 saturated heterocycles. The summed E-state index contributed by atoms with van der Waals surface area (Å²) in [5.41, 5.74) is 2.33. The first-order valence-corrected chi connectivity index (χ1v) is 7.13. The highest BCUT2D eigenvalue weighted by molar-refractivity contribution is 9.10. The Morgan fingerprint density at radius 1 is 1.25 bits per heavy atom. The van der Waals surface area contributed by atoms with E-state index in [4.69, 9.17) is 16.7 Å². The number of carbonyl (C=O) groups is 1. The minimum Gasteiger partial charge on any atom is -0.478 e. The molecule has 0 atom stereocenters. The van der Waals surface area contributed by atoms with E-state index in [1.165, 1.54) is 0 Å². The number of aromatic carboxylic acids is 1. The van der Waals surface area contributed by atoms with Gasteiger partial charge < -0.3 is 10.0 Å². The van der Waals surface area contributed by atoms with Gasteiger partial charge in [-0.05, 0) is 51.8 Å². The zero-order valence-electron chi connectivity index (χ0n) is 10.8. The molecule has 0 aliphatic rings. The number of halogens is 2. The maximum Gasteiger partial charge on any atom is 0.336 e. The maximum absolute atomic E-state index is 11.0. The highest BCUT2D eigenvalue weighted by Gasteiger charge is 2.10. The Balaban J connectivity index is 2.17. The first kappa shape index (κ1) is 14.9. The van der Waals surface area contributed by atoms with E-state index in [9.17, 15) is 4.79 Å². The number of hydrogen-bond acceptors (Lipinski definition) is 2. The molecule has 0 heterocycles. The largest absolute Gasteiger partial charge is 0.478 e. The fraction of sp³-hybridized carbons (Fsp3) is 0.133. The van der Waals surface area contributed by atoms with Gasteiger partial charge in [0.2, 0.25) is 0 Å². The summed E-state index contributed by atoms with van der Waals surface area (Å²) in [6.07, 6.45) is 0. The van der Waals surface area contributed by atoms with Crippen molar-refractivity contribution in [3.05, 3.63) is 63.1 Å². The summed E-state index contributed by atoms with van der Waals surface area (Å²) in [5, 5.41) is 9.71. The zero-order valence-corrected chi connectivity index (χ0v) is 13.1. The van der Waals surface area contributed by atoms with Gasteiger partial charge in [0.05, 0.1) is 5.56 Å². The topological polar surface area (TPSA) is 40.5 Å². The molecular weight excluding hydrogens is 342 g/mol. The predicted octanol–water partition coefficient (Wildman–Crippen LogP) is 4.44. The summed E-state index contributed by atoms with van der Waals surface area (Å²) in [4.78, 5) is 13.0. The molecule has 1 N–H and O–H groups in total. The number of carboxylic acids is 1. The molecule has 20 heavy (non-hydrogen) atoms. The number of anilines is 1. The van der Waals surface area contributed by atoms with Gasteiger partial charge in [-0.25, -0.2) is 4.79 Å². The van der Waals surface area contributed by atoms with Crippen molar-refractivity contribution < 1.29 is 9.90 Å². The molecule has 2 rings (SSSR count). The van der Waals surface area contributed by atoms with E-state index in [1.807, 2.05) is 36.2 Å². The van der Waals surface area contributed by atoms with Gasteiger partial charge in [0.1, 0.15) is 0 Å². The highest BCUT2D eigenvalue weighted by atomic mass is 79.9. The third-order valence-corrected chi connectivity index (χ3v) is 3.86. The summed E-state index contributed by atoms with van der Waals surface area (Å²) in [7, 11) is 1.96. The van der Waals surface area contributed by atoms with Crippen molar-refractivity contribution in [3.63, 3.8) is 0 Å². The molecule has 0 aliphatic heterocycles. The van der Waals surface area contributed by atoms with Crippen LogP contribution in [0.15, 0.2) is 46.9 Å². The fourth-order valence-electron chi connectivity index (χ4n) is 1.87. The molecule has 0 aliphatic carbocycles. The lowest BCUT2D eigenvalue weighted by atomic mass is 10.1. The van der Waals surface area contributed by atoms with E-state index in [0.717, 1.165) is 17.8 Å². The van der Waals surface area contributed by atoms with E-state index >= 15 is 0 Å². The fourth-order valence-corrected chi connectivity index (χ4v) is 2.53. The molecule has 0 aromatic heterocycles. The van der Waals surface area contributed by atoms with Crippen LogP contribution in [-0.4, -0.2) is 18.1 Å². The van der Waals surface area contributed by atoms with Crippen LogP contribution < -0.4 is 4.90 Å². The first-order chi connectivity index (χ1) is 9.47. The standard InChI is InChI=1S/C15H13BrClNO2/c1-18(9-10-2-4-11(17)5-3-10)12-6-7-13(15(19)20)14(16)8-12/h2-8H,9H2,1H3,(H,19,20). The first-order valence-electron chi connectivity index (χ1n) is 5.96. The Hall–Kier alpha value is -1.52. The average molecular weight is 355 g/mol. The van der Waals surface area contributed by atoms with Crippen molar-refractivity contribution >= 4 is 39.2 Å². The van der Waals surface area contributed by atoms with Crippen LogP contribution in [0.25, 0.3) is 0 Å². The molecular formula is C15H13BrClNO2. The lowest BCUT2D eigenvalue weighted by Gasteiger charge is -2.20. The molecule has 104 valence electrons. The van der Waals surface area contributed by atoms with Crippen LogP contribution in [-0.2, 0) is 6.54 Å². The van der Waals surface area contributed by atoms with Gasteiger partial charge >= 0.3 is 5.97 Å². The van der Waals surface area contributed by atoms with Gasteiger partial charge in [0.25, 0.3) is 0 Å². The van der Waals surface area contributed by atoms with Crippen molar-refractivity contribution in [2.45, 2.75) is 6.54 Å². The zero-order chi connectivity index (χ0) is 14.7. The smallest absolute Gasteiger partial charge is 0.336 e. The molecule has 2 aromatic carbocycles. The second-order valence-electron chi connectivity index (χ2n) is 4.45. The van der Waals surface area contributed by atoms with Crippen LogP contribution in [0.1, 0.15) is 15.9 Å². The number of nitrogens with zero attached hydrogens (tertiary/aromatic N) is 1. The summed E-state index contributed by atoms with van der Waals surface area (Å²) in [6, 6.07) is 12.9. The van der Waals surface area contributed by atoms with Gasteiger partial charge in [-0.15, -0.1) is 0 Å². The normalized spacial score (nSPS) is 10.3.